The van der Waals surface area contributed by atoms with E-state index in [1.165, 1.54) is 6.92 Å². The molecule has 23 heavy (non-hydrogen) atoms. The average molecular weight is 362 g/mol. The van der Waals surface area contributed by atoms with E-state index >= 15 is 0 Å². The number of carbonyl (C=O) groups excluding carboxylic acids is 2. The van der Waals surface area contributed by atoms with E-state index in [4.69, 9.17) is 0 Å². The largest absolute Gasteiger partial charge is 0.299 e. The van der Waals surface area contributed by atoms with Gasteiger partial charge in [-0.1, -0.05) is 33.6 Å². The number of nitrogens with zero attached hydrogens (tertiary/aromatic N) is 1. The first kappa shape index (κ1) is 19.4. The molecule has 0 aromatic heterocycles. The van der Waals surface area contributed by atoms with E-state index in [0.717, 1.165) is 18.2 Å². The molecule has 0 fully saturated rings. The van der Waals surface area contributed by atoms with Crippen LogP contribution in [0.3, 0.4) is 0 Å². The maximum absolute atomic E-state index is 13.5. The van der Waals surface area contributed by atoms with E-state index in [9.17, 15) is 22.4 Å². The van der Waals surface area contributed by atoms with E-state index in [0.29, 0.717) is 4.31 Å². The number of anilines is 1. The first-order valence-corrected chi connectivity index (χ1v) is 8.82. The monoisotopic (exact) mass is 362 g/mol. The van der Waals surface area contributed by atoms with Gasteiger partial charge < -0.3 is 0 Å². The van der Waals surface area contributed by atoms with Gasteiger partial charge in [0.2, 0.25) is 15.9 Å². The molecule has 1 rings (SSSR count). The van der Waals surface area contributed by atoms with Gasteiger partial charge >= 0.3 is 0 Å². The third kappa shape index (κ3) is 4.23. The Bertz CT molecular complexity index is 727. The molecule has 1 aromatic carbocycles. The molecule has 0 unspecified atom stereocenters. The minimum absolute atomic E-state index is 0.209. The summed E-state index contributed by atoms with van der Waals surface area (Å²) in [7, 11) is -4.02. The van der Waals surface area contributed by atoms with Gasteiger partial charge in [-0.25, -0.2) is 17.1 Å². The molecule has 0 aliphatic rings. The molecule has 2 amide bonds. The van der Waals surface area contributed by atoms with Crippen molar-refractivity contribution >= 4 is 40.3 Å². The van der Waals surface area contributed by atoms with Crippen LogP contribution in [0.5, 0.6) is 0 Å². The summed E-state index contributed by atoms with van der Waals surface area (Å²) in [6.07, 6.45) is 0. The Balaban J connectivity index is 3.70. The van der Waals surface area contributed by atoms with Crippen molar-refractivity contribution in [3.05, 3.63) is 29.6 Å². The van der Waals surface area contributed by atoms with Crippen molar-refractivity contribution in [1.29, 1.82) is 0 Å². The van der Waals surface area contributed by atoms with Gasteiger partial charge in [-0.05, 0) is 25.1 Å². The van der Waals surface area contributed by atoms with Crippen LogP contribution in [-0.2, 0) is 14.8 Å². The number of carbonyl (C=O) groups is 2. The fourth-order valence-corrected chi connectivity index (χ4v) is 3.11. The topological polar surface area (TPSA) is 83.6 Å². The van der Waals surface area contributed by atoms with Gasteiger partial charge in [0.25, 0.3) is 5.91 Å². The number of thiol groups is 1. The van der Waals surface area contributed by atoms with Gasteiger partial charge in [0, 0.05) is 5.41 Å². The van der Waals surface area contributed by atoms with Crippen molar-refractivity contribution in [2.45, 2.75) is 27.7 Å². The van der Waals surface area contributed by atoms with Crippen molar-refractivity contribution < 1.29 is 22.4 Å². The molecular weight excluding hydrogens is 343 g/mol. The average Bonchev–Trinajstić information content (AvgIpc) is 2.46. The first-order chi connectivity index (χ1) is 10.5. The second-order valence-electron chi connectivity index (χ2n) is 5.82. The molecule has 0 radical (unpaired) electrons. The molecule has 0 aliphatic heterocycles. The lowest BCUT2D eigenvalue weighted by molar-refractivity contribution is -0.124. The van der Waals surface area contributed by atoms with Gasteiger partial charge in [-0.2, -0.15) is 0 Å². The summed E-state index contributed by atoms with van der Waals surface area (Å²) in [5.41, 5.74) is -1.53. The zero-order valence-corrected chi connectivity index (χ0v) is 15.0. The van der Waals surface area contributed by atoms with Crippen LogP contribution in [0.25, 0.3) is 0 Å². The fraction of sp³-hybridized carbons (Fsp3) is 0.429. The highest BCUT2D eigenvalue weighted by Gasteiger charge is 2.37. The number of halogens is 1. The molecule has 1 aromatic rings. The molecule has 0 heterocycles. The third-order valence-corrected chi connectivity index (χ3v) is 4.84. The molecule has 128 valence electrons. The lowest BCUT2D eigenvalue weighted by Gasteiger charge is -2.29. The van der Waals surface area contributed by atoms with E-state index in [1.807, 2.05) is 4.72 Å². The Kier molecular flexibility index (Phi) is 5.81. The molecule has 1 N–H and O–H groups in total. The lowest BCUT2D eigenvalue weighted by Crippen LogP contribution is -2.45. The maximum Gasteiger partial charge on any atom is 0.263 e. The lowest BCUT2D eigenvalue weighted by atomic mass is 9.95. The summed E-state index contributed by atoms with van der Waals surface area (Å²) < 4.78 is 40.8. The molecule has 0 atom stereocenters. The molecular formula is C14H19FN2O4S2. The van der Waals surface area contributed by atoms with Crippen molar-refractivity contribution in [2.24, 2.45) is 5.41 Å². The van der Waals surface area contributed by atoms with Crippen molar-refractivity contribution in [3.8, 4) is 0 Å². The zero-order chi connectivity index (χ0) is 18.0. The smallest absolute Gasteiger partial charge is 0.263 e. The Morgan fingerprint density at radius 2 is 1.87 bits per heavy atom. The van der Waals surface area contributed by atoms with Crippen LogP contribution in [0, 0.1) is 11.2 Å². The van der Waals surface area contributed by atoms with Gasteiger partial charge in [-0.3, -0.25) is 14.3 Å². The van der Waals surface area contributed by atoms with Gasteiger partial charge in [0.05, 0.1) is 17.0 Å². The normalized spacial score (nSPS) is 11.9. The van der Waals surface area contributed by atoms with E-state index < -0.39 is 33.1 Å². The van der Waals surface area contributed by atoms with Crippen LogP contribution < -0.4 is 9.03 Å². The molecule has 0 saturated carbocycles. The van der Waals surface area contributed by atoms with Crippen molar-refractivity contribution in [2.75, 3.05) is 10.1 Å². The SMILES string of the molecule is CCS(=O)(=O)N(C(=O)C(C)(C)C)c1ccc(F)cc1C(=O)NS. The highest BCUT2D eigenvalue weighted by molar-refractivity contribution is 7.93. The second kappa shape index (κ2) is 6.88. The van der Waals surface area contributed by atoms with Crippen LogP contribution in [-0.4, -0.2) is 26.0 Å². The minimum atomic E-state index is -4.02. The summed E-state index contributed by atoms with van der Waals surface area (Å²) >= 11 is 3.61. The fourth-order valence-electron chi connectivity index (χ4n) is 1.75. The Morgan fingerprint density at radius 3 is 2.30 bits per heavy atom. The number of hydrogen-bond acceptors (Lipinski definition) is 5. The van der Waals surface area contributed by atoms with E-state index in [2.05, 4.69) is 12.8 Å². The van der Waals surface area contributed by atoms with Crippen LogP contribution in [0.1, 0.15) is 38.1 Å². The first-order valence-electron chi connectivity index (χ1n) is 6.77. The summed E-state index contributed by atoms with van der Waals surface area (Å²) in [5, 5.41) is 0. The number of benzene rings is 1. The highest BCUT2D eigenvalue weighted by Crippen LogP contribution is 2.30. The minimum Gasteiger partial charge on any atom is -0.299 e. The van der Waals surface area contributed by atoms with Crippen LogP contribution in [0.15, 0.2) is 18.2 Å². The summed E-state index contributed by atoms with van der Waals surface area (Å²) in [6.45, 7) is 6.03. The summed E-state index contributed by atoms with van der Waals surface area (Å²) in [5.74, 6) is -2.63. The maximum atomic E-state index is 13.5. The molecule has 0 saturated heterocycles. The predicted octanol–water partition coefficient (Wildman–Crippen LogP) is 2.13. The van der Waals surface area contributed by atoms with E-state index in [-0.39, 0.29) is 17.0 Å². The predicted molar refractivity (Wildman–Crippen MR) is 89.3 cm³/mol. The summed E-state index contributed by atoms with van der Waals surface area (Å²) in [6, 6.07) is 2.93. The van der Waals surface area contributed by atoms with Gasteiger partial charge in [0.15, 0.2) is 0 Å². The van der Waals surface area contributed by atoms with Crippen LogP contribution >= 0.6 is 12.8 Å². The van der Waals surface area contributed by atoms with Crippen molar-refractivity contribution in [1.82, 2.24) is 4.72 Å². The third-order valence-electron chi connectivity index (χ3n) is 2.99. The number of amides is 2. The summed E-state index contributed by atoms with van der Waals surface area (Å²) in [4.78, 5) is 24.5. The molecule has 0 bridgehead atoms. The Hall–Kier alpha value is -1.61. The van der Waals surface area contributed by atoms with E-state index in [1.54, 1.807) is 20.8 Å². The second-order valence-corrected chi connectivity index (χ2v) is 8.15. The molecule has 0 spiro atoms. The molecule has 0 aliphatic carbocycles. The zero-order valence-electron chi connectivity index (χ0n) is 13.3. The number of nitrogens with one attached hydrogen (secondary N) is 1. The molecule has 6 nitrogen and oxygen atoms in total. The van der Waals surface area contributed by atoms with Crippen LogP contribution in [0.2, 0.25) is 0 Å². The Labute approximate surface area is 140 Å². The standard InChI is InChI=1S/C14H19FN2O4S2/c1-5-23(20,21)17(13(19)14(2,3)4)11-7-6-9(15)8-10(11)12(18)16-22/h6-8,22H,5H2,1-4H3,(H,16,18). The van der Waals surface area contributed by atoms with Gasteiger partial charge in [-0.15, -0.1) is 0 Å². The number of sulfonamides is 1. The number of hydrogen-bond donors (Lipinski definition) is 2. The van der Waals surface area contributed by atoms with Crippen LogP contribution in [0.4, 0.5) is 10.1 Å². The Morgan fingerprint density at radius 1 is 1.30 bits per heavy atom. The molecule has 9 heteroatoms. The van der Waals surface area contributed by atoms with Crippen molar-refractivity contribution in [3.63, 3.8) is 0 Å². The van der Waals surface area contributed by atoms with Gasteiger partial charge in [0.1, 0.15) is 5.82 Å². The number of rotatable bonds is 4. The quantitative estimate of drug-likeness (QED) is 0.804. The highest BCUT2D eigenvalue weighted by atomic mass is 32.2.